The van der Waals surface area contributed by atoms with Gasteiger partial charge in [0.05, 0.1) is 12.1 Å². The largest absolute Gasteiger partial charge is 0.386 e. The van der Waals surface area contributed by atoms with Crippen LogP contribution in [0.1, 0.15) is 48.5 Å². The first kappa shape index (κ1) is 15.9. The van der Waals surface area contributed by atoms with E-state index in [2.05, 4.69) is 15.3 Å². The molecule has 1 aliphatic carbocycles. The summed E-state index contributed by atoms with van der Waals surface area (Å²) in [6.45, 7) is 3.79. The summed E-state index contributed by atoms with van der Waals surface area (Å²) >= 11 is 0. The van der Waals surface area contributed by atoms with E-state index >= 15 is 0 Å². The zero-order valence-electron chi connectivity index (χ0n) is 13.5. The number of nitrogens with one attached hydrogen (secondary N) is 1. The van der Waals surface area contributed by atoms with Gasteiger partial charge in [-0.2, -0.15) is 0 Å². The second-order valence-corrected chi connectivity index (χ2v) is 6.18. The smallest absolute Gasteiger partial charge is 0.133 e. The highest BCUT2D eigenvalue weighted by Gasteiger charge is 2.21. The van der Waals surface area contributed by atoms with Crippen molar-refractivity contribution < 1.29 is 9.50 Å². The zero-order valence-corrected chi connectivity index (χ0v) is 13.5. The topological polar surface area (TPSA) is 58.0 Å². The number of nitrogens with zero attached hydrogens (tertiary/aromatic N) is 2. The Morgan fingerprint density at radius 1 is 1.13 bits per heavy atom. The highest BCUT2D eigenvalue weighted by atomic mass is 19.1. The highest BCUT2D eigenvalue weighted by Crippen LogP contribution is 2.27. The SMILES string of the molecule is Cc1nc2c(c(NC(C)C(O)c3ccc(F)cc3)n1)CCCC2. The average molecular weight is 315 g/mol. The molecule has 0 radical (unpaired) electrons. The lowest BCUT2D eigenvalue weighted by atomic mass is 9.95. The molecular formula is C18H22FN3O. The molecule has 2 unspecified atom stereocenters. The van der Waals surface area contributed by atoms with Gasteiger partial charge in [-0.25, -0.2) is 14.4 Å². The Labute approximate surface area is 135 Å². The summed E-state index contributed by atoms with van der Waals surface area (Å²) in [4.78, 5) is 9.06. The first-order valence-corrected chi connectivity index (χ1v) is 8.11. The molecule has 0 amide bonds. The molecule has 0 bridgehead atoms. The Morgan fingerprint density at radius 2 is 1.83 bits per heavy atom. The molecule has 23 heavy (non-hydrogen) atoms. The fraction of sp³-hybridized carbons (Fsp3) is 0.444. The van der Waals surface area contributed by atoms with Crippen LogP contribution in [-0.2, 0) is 12.8 Å². The van der Waals surface area contributed by atoms with Gasteiger partial charge in [-0.1, -0.05) is 12.1 Å². The summed E-state index contributed by atoms with van der Waals surface area (Å²) in [6, 6.07) is 5.71. The van der Waals surface area contributed by atoms with Gasteiger partial charge in [-0.05, 0) is 57.2 Å². The molecular weight excluding hydrogens is 293 g/mol. The van der Waals surface area contributed by atoms with Crippen LogP contribution >= 0.6 is 0 Å². The standard InChI is InChI=1S/C18H22FN3O/c1-11(17(23)13-7-9-14(19)10-8-13)20-18-15-5-3-4-6-16(15)21-12(2)22-18/h7-11,17,23H,3-6H2,1-2H3,(H,20,21,22). The van der Waals surface area contributed by atoms with Gasteiger partial charge in [0.1, 0.15) is 17.5 Å². The number of hydrogen-bond acceptors (Lipinski definition) is 4. The highest BCUT2D eigenvalue weighted by molar-refractivity contribution is 5.49. The molecule has 5 heteroatoms. The molecule has 0 saturated carbocycles. The predicted molar refractivity (Wildman–Crippen MR) is 87.9 cm³/mol. The summed E-state index contributed by atoms with van der Waals surface area (Å²) < 4.78 is 13.0. The van der Waals surface area contributed by atoms with Crippen molar-refractivity contribution in [3.63, 3.8) is 0 Å². The summed E-state index contributed by atoms with van der Waals surface area (Å²) in [7, 11) is 0. The van der Waals surface area contributed by atoms with E-state index in [1.54, 1.807) is 12.1 Å². The van der Waals surface area contributed by atoms with Gasteiger partial charge >= 0.3 is 0 Å². The first-order valence-electron chi connectivity index (χ1n) is 8.11. The zero-order chi connectivity index (χ0) is 16.4. The number of anilines is 1. The van der Waals surface area contributed by atoms with Crippen LogP contribution in [0.2, 0.25) is 0 Å². The Kier molecular flexibility index (Phi) is 4.57. The maximum absolute atomic E-state index is 13.0. The number of halogens is 1. The molecule has 3 rings (SSSR count). The van der Waals surface area contributed by atoms with Crippen molar-refractivity contribution in [2.45, 2.75) is 51.7 Å². The number of aryl methyl sites for hydroxylation is 2. The number of aliphatic hydroxyl groups is 1. The third-order valence-corrected chi connectivity index (χ3v) is 4.34. The predicted octanol–water partition coefficient (Wildman–Crippen LogP) is 3.34. The Morgan fingerprint density at radius 3 is 2.57 bits per heavy atom. The lowest BCUT2D eigenvalue weighted by molar-refractivity contribution is 0.160. The lowest BCUT2D eigenvalue weighted by Crippen LogP contribution is -2.26. The fourth-order valence-electron chi connectivity index (χ4n) is 3.08. The van der Waals surface area contributed by atoms with E-state index in [1.165, 1.54) is 17.7 Å². The van der Waals surface area contributed by atoms with Gasteiger partial charge in [0.15, 0.2) is 0 Å². The summed E-state index contributed by atoms with van der Waals surface area (Å²) in [5.74, 6) is 1.26. The van der Waals surface area contributed by atoms with E-state index in [0.717, 1.165) is 43.0 Å². The molecule has 0 aliphatic heterocycles. The Balaban J connectivity index is 1.81. The average Bonchev–Trinajstić information content (AvgIpc) is 2.54. The third-order valence-electron chi connectivity index (χ3n) is 4.34. The second kappa shape index (κ2) is 6.62. The van der Waals surface area contributed by atoms with Crippen molar-refractivity contribution in [1.82, 2.24) is 9.97 Å². The first-order chi connectivity index (χ1) is 11.0. The van der Waals surface area contributed by atoms with Gasteiger partial charge in [0.2, 0.25) is 0 Å². The van der Waals surface area contributed by atoms with E-state index in [0.29, 0.717) is 5.56 Å². The minimum absolute atomic E-state index is 0.235. The van der Waals surface area contributed by atoms with Crippen molar-refractivity contribution in [3.8, 4) is 0 Å². The van der Waals surface area contributed by atoms with E-state index < -0.39 is 6.10 Å². The third kappa shape index (κ3) is 3.50. The monoisotopic (exact) mass is 315 g/mol. The molecule has 2 aromatic rings. The molecule has 2 atom stereocenters. The van der Waals surface area contributed by atoms with Crippen molar-refractivity contribution >= 4 is 5.82 Å². The number of benzene rings is 1. The van der Waals surface area contributed by atoms with E-state index in [4.69, 9.17) is 0 Å². The van der Waals surface area contributed by atoms with Gasteiger partial charge in [0.25, 0.3) is 0 Å². The fourth-order valence-corrected chi connectivity index (χ4v) is 3.08. The van der Waals surface area contributed by atoms with E-state index in [9.17, 15) is 9.50 Å². The van der Waals surface area contributed by atoms with E-state index in [1.807, 2.05) is 13.8 Å². The maximum Gasteiger partial charge on any atom is 0.133 e. The van der Waals surface area contributed by atoms with Gasteiger partial charge in [0, 0.05) is 11.3 Å². The van der Waals surface area contributed by atoms with Crippen LogP contribution in [0.3, 0.4) is 0 Å². The van der Waals surface area contributed by atoms with Crippen molar-refractivity contribution in [2.75, 3.05) is 5.32 Å². The van der Waals surface area contributed by atoms with Crippen LogP contribution < -0.4 is 5.32 Å². The molecule has 0 spiro atoms. The van der Waals surface area contributed by atoms with Crippen LogP contribution in [0, 0.1) is 12.7 Å². The molecule has 122 valence electrons. The Hall–Kier alpha value is -2.01. The minimum Gasteiger partial charge on any atom is -0.386 e. The molecule has 0 saturated heterocycles. The van der Waals surface area contributed by atoms with Gasteiger partial charge < -0.3 is 10.4 Å². The minimum atomic E-state index is -0.731. The normalized spacial score (nSPS) is 16.5. The second-order valence-electron chi connectivity index (χ2n) is 6.18. The van der Waals surface area contributed by atoms with Gasteiger partial charge in [-0.15, -0.1) is 0 Å². The van der Waals surface area contributed by atoms with Crippen LogP contribution in [0.15, 0.2) is 24.3 Å². The number of fused-ring (bicyclic) bond motifs is 1. The van der Waals surface area contributed by atoms with Crippen molar-refractivity contribution in [1.29, 1.82) is 0 Å². The van der Waals surface area contributed by atoms with E-state index in [-0.39, 0.29) is 11.9 Å². The van der Waals surface area contributed by atoms with Gasteiger partial charge in [-0.3, -0.25) is 0 Å². The van der Waals surface area contributed by atoms with Crippen LogP contribution in [0.25, 0.3) is 0 Å². The molecule has 2 N–H and O–H groups in total. The molecule has 4 nitrogen and oxygen atoms in total. The number of rotatable bonds is 4. The molecule has 1 aromatic carbocycles. The number of hydrogen-bond donors (Lipinski definition) is 2. The maximum atomic E-state index is 13.0. The van der Waals surface area contributed by atoms with Crippen LogP contribution in [-0.4, -0.2) is 21.1 Å². The molecule has 1 heterocycles. The number of aromatic nitrogens is 2. The number of aliphatic hydroxyl groups excluding tert-OH is 1. The molecule has 0 fully saturated rings. The summed E-state index contributed by atoms with van der Waals surface area (Å²) in [5.41, 5.74) is 2.97. The summed E-state index contributed by atoms with van der Waals surface area (Å²) in [6.07, 6.45) is 3.53. The van der Waals surface area contributed by atoms with Crippen LogP contribution in [0.5, 0.6) is 0 Å². The molecule has 1 aromatic heterocycles. The summed E-state index contributed by atoms with van der Waals surface area (Å²) in [5, 5.41) is 13.8. The van der Waals surface area contributed by atoms with Crippen molar-refractivity contribution in [3.05, 3.63) is 52.7 Å². The van der Waals surface area contributed by atoms with Crippen molar-refractivity contribution in [2.24, 2.45) is 0 Å². The lowest BCUT2D eigenvalue weighted by Gasteiger charge is -2.25. The Bertz CT molecular complexity index is 687. The molecule has 1 aliphatic rings. The van der Waals surface area contributed by atoms with Crippen LogP contribution in [0.4, 0.5) is 10.2 Å². The quantitative estimate of drug-likeness (QED) is 0.908.